The molecule has 2 aromatic carbocycles. The minimum Gasteiger partial charge on any atom is -0.489 e. The van der Waals surface area contributed by atoms with Gasteiger partial charge in [0.25, 0.3) is 0 Å². The minimum atomic E-state index is -0.866. The zero-order valence-corrected chi connectivity index (χ0v) is 15.7. The average molecular weight is 370 g/mol. The number of carboxylic acid groups (broad SMARTS) is 1. The fourth-order valence-corrected chi connectivity index (χ4v) is 2.65. The first-order chi connectivity index (χ1) is 13.0. The Balaban J connectivity index is 1.84. The van der Waals surface area contributed by atoms with Crippen LogP contribution < -0.4 is 10.1 Å². The Hall–Kier alpha value is -2.86. The highest BCUT2D eigenvalue weighted by atomic mass is 16.5. The first kappa shape index (κ1) is 20.5. The third kappa shape index (κ3) is 7.11. The summed E-state index contributed by atoms with van der Waals surface area (Å²) < 4.78 is 5.79. The van der Waals surface area contributed by atoms with E-state index >= 15 is 0 Å². The molecule has 2 aromatic rings. The number of hydrogen-bond donors (Lipinski definition) is 2. The number of likely N-dealkylation sites (N-methyl/N-ethyl adjacent to an activating group) is 1. The highest BCUT2D eigenvalue weighted by molar-refractivity contribution is 5.78. The molecule has 1 unspecified atom stereocenters. The van der Waals surface area contributed by atoms with Crippen molar-refractivity contribution < 1.29 is 19.4 Å². The average Bonchev–Trinajstić information content (AvgIpc) is 2.66. The number of carbonyl (C=O) groups is 2. The van der Waals surface area contributed by atoms with Gasteiger partial charge in [0.05, 0.1) is 12.5 Å². The predicted molar refractivity (Wildman–Crippen MR) is 103 cm³/mol. The van der Waals surface area contributed by atoms with Crippen LogP contribution in [-0.2, 0) is 22.7 Å². The predicted octanol–water partition coefficient (Wildman–Crippen LogP) is 2.53. The number of ether oxygens (including phenoxy) is 1. The number of nitrogens with zero attached hydrogens (tertiary/aromatic N) is 1. The summed E-state index contributed by atoms with van der Waals surface area (Å²) in [4.78, 5) is 24.7. The van der Waals surface area contributed by atoms with E-state index in [0.717, 1.165) is 16.9 Å². The van der Waals surface area contributed by atoms with Crippen LogP contribution in [0.5, 0.6) is 5.75 Å². The highest BCUT2D eigenvalue weighted by Gasteiger charge is 2.15. The molecule has 0 aliphatic carbocycles. The number of para-hydroxylation sites is 1. The van der Waals surface area contributed by atoms with Gasteiger partial charge in [0, 0.05) is 13.1 Å². The second-order valence-corrected chi connectivity index (χ2v) is 6.58. The Morgan fingerprint density at radius 2 is 1.70 bits per heavy atom. The van der Waals surface area contributed by atoms with Crippen LogP contribution in [0.15, 0.2) is 54.6 Å². The Kier molecular flexibility index (Phi) is 7.82. The second-order valence-electron chi connectivity index (χ2n) is 6.58. The second kappa shape index (κ2) is 10.3. The van der Waals surface area contributed by atoms with E-state index in [2.05, 4.69) is 5.32 Å². The quantitative estimate of drug-likeness (QED) is 0.672. The summed E-state index contributed by atoms with van der Waals surface area (Å²) in [6.07, 6.45) is 0. The lowest BCUT2D eigenvalue weighted by Gasteiger charge is -2.19. The summed E-state index contributed by atoms with van der Waals surface area (Å²) in [5.74, 6) is -0.729. The summed E-state index contributed by atoms with van der Waals surface area (Å²) in [5.41, 5.74) is 2.00. The smallest absolute Gasteiger partial charge is 0.307 e. The van der Waals surface area contributed by atoms with E-state index in [9.17, 15) is 9.59 Å². The third-order valence-electron chi connectivity index (χ3n) is 4.15. The molecular formula is C21H26N2O4. The number of hydrogen-bond acceptors (Lipinski definition) is 4. The van der Waals surface area contributed by atoms with Gasteiger partial charge >= 0.3 is 5.97 Å². The standard InChI is InChI=1S/C21H26N2O4/c1-16(21(25)26)13-23(2)14-20(24)22-12-17-8-6-7-9-18(17)15-27-19-10-4-3-5-11-19/h3-11,16H,12-15H2,1-2H3,(H,22,24)(H,25,26). The lowest BCUT2D eigenvalue weighted by atomic mass is 10.1. The van der Waals surface area contributed by atoms with Crippen molar-refractivity contribution in [2.45, 2.75) is 20.1 Å². The number of benzene rings is 2. The van der Waals surface area contributed by atoms with Crippen LogP contribution in [0.2, 0.25) is 0 Å². The van der Waals surface area contributed by atoms with E-state index in [1.54, 1.807) is 18.9 Å². The van der Waals surface area contributed by atoms with E-state index in [-0.39, 0.29) is 12.5 Å². The molecule has 0 aromatic heterocycles. The van der Waals surface area contributed by atoms with Crippen molar-refractivity contribution in [1.29, 1.82) is 0 Å². The molecule has 0 saturated heterocycles. The van der Waals surface area contributed by atoms with Crippen molar-refractivity contribution in [3.63, 3.8) is 0 Å². The van der Waals surface area contributed by atoms with Gasteiger partial charge in [-0.25, -0.2) is 0 Å². The Morgan fingerprint density at radius 3 is 2.37 bits per heavy atom. The topological polar surface area (TPSA) is 78.9 Å². The summed E-state index contributed by atoms with van der Waals surface area (Å²) in [6.45, 7) is 2.92. The van der Waals surface area contributed by atoms with Gasteiger partial charge in [-0.3, -0.25) is 14.5 Å². The fraction of sp³-hybridized carbons (Fsp3) is 0.333. The molecule has 6 heteroatoms. The van der Waals surface area contributed by atoms with Crippen LogP contribution in [0.4, 0.5) is 0 Å². The molecule has 27 heavy (non-hydrogen) atoms. The molecule has 0 fully saturated rings. The van der Waals surface area contributed by atoms with E-state index in [4.69, 9.17) is 9.84 Å². The van der Waals surface area contributed by atoms with Gasteiger partial charge in [0.1, 0.15) is 12.4 Å². The lowest BCUT2D eigenvalue weighted by Crippen LogP contribution is -2.38. The summed E-state index contributed by atoms with van der Waals surface area (Å²) >= 11 is 0. The molecule has 2 rings (SSSR count). The molecule has 0 spiro atoms. The normalized spacial score (nSPS) is 11.8. The van der Waals surface area contributed by atoms with Gasteiger partial charge in [-0.05, 0) is 30.3 Å². The van der Waals surface area contributed by atoms with Crippen LogP contribution in [-0.4, -0.2) is 42.0 Å². The van der Waals surface area contributed by atoms with Crippen LogP contribution >= 0.6 is 0 Å². The van der Waals surface area contributed by atoms with Gasteiger partial charge in [-0.15, -0.1) is 0 Å². The number of nitrogens with one attached hydrogen (secondary N) is 1. The van der Waals surface area contributed by atoms with Crippen LogP contribution in [0.3, 0.4) is 0 Å². The zero-order chi connectivity index (χ0) is 19.6. The largest absolute Gasteiger partial charge is 0.489 e. The minimum absolute atomic E-state index is 0.145. The van der Waals surface area contributed by atoms with Crippen LogP contribution in [0.25, 0.3) is 0 Å². The van der Waals surface area contributed by atoms with Crippen molar-refractivity contribution in [2.75, 3.05) is 20.1 Å². The van der Waals surface area contributed by atoms with Gasteiger partial charge in [0.15, 0.2) is 0 Å². The molecule has 0 radical (unpaired) electrons. The van der Waals surface area contributed by atoms with E-state index in [1.807, 2.05) is 54.6 Å². The van der Waals surface area contributed by atoms with Crippen molar-refractivity contribution in [2.24, 2.45) is 5.92 Å². The summed E-state index contributed by atoms with van der Waals surface area (Å²) in [6, 6.07) is 17.4. The molecule has 144 valence electrons. The first-order valence-electron chi connectivity index (χ1n) is 8.88. The fourth-order valence-electron chi connectivity index (χ4n) is 2.65. The van der Waals surface area contributed by atoms with Gasteiger partial charge in [-0.1, -0.05) is 49.4 Å². The molecule has 0 heterocycles. The van der Waals surface area contributed by atoms with Crippen LogP contribution in [0, 0.1) is 5.92 Å². The van der Waals surface area contributed by atoms with Gasteiger partial charge in [0.2, 0.25) is 5.91 Å². The lowest BCUT2D eigenvalue weighted by molar-refractivity contribution is -0.142. The molecule has 0 saturated carbocycles. The number of aliphatic carboxylic acids is 1. The highest BCUT2D eigenvalue weighted by Crippen LogP contribution is 2.14. The maximum atomic E-state index is 12.1. The van der Waals surface area contributed by atoms with E-state index in [0.29, 0.717) is 19.7 Å². The Morgan fingerprint density at radius 1 is 1.07 bits per heavy atom. The van der Waals surface area contributed by atoms with E-state index in [1.165, 1.54) is 0 Å². The summed E-state index contributed by atoms with van der Waals surface area (Å²) in [5, 5.41) is 11.8. The number of carboxylic acids is 1. The molecule has 0 aliphatic rings. The Bertz CT molecular complexity index is 749. The maximum Gasteiger partial charge on any atom is 0.307 e. The van der Waals surface area contributed by atoms with Gasteiger partial charge in [-0.2, -0.15) is 0 Å². The van der Waals surface area contributed by atoms with Crippen LogP contribution in [0.1, 0.15) is 18.1 Å². The molecule has 6 nitrogen and oxygen atoms in total. The summed E-state index contributed by atoms with van der Waals surface area (Å²) in [7, 11) is 1.74. The monoisotopic (exact) mass is 370 g/mol. The van der Waals surface area contributed by atoms with Crippen molar-refractivity contribution >= 4 is 11.9 Å². The number of carbonyl (C=O) groups excluding carboxylic acids is 1. The third-order valence-corrected chi connectivity index (χ3v) is 4.15. The van der Waals surface area contributed by atoms with Gasteiger partial charge < -0.3 is 15.2 Å². The molecular weight excluding hydrogens is 344 g/mol. The van der Waals surface area contributed by atoms with Crippen molar-refractivity contribution in [3.05, 3.63) is 65.7 Å². The molecule has 1 amide bonds. The first-order valence-corrected chi connectivity index (χ1v) is 8.88. The molecule has 0 bridgehead atoms. The number of rotatable bonds is 10. The van der Waals surface area contributed by atoms with E-state index < -0.39 is 11.9 Å². The SMILES string of the molecule is CC(CN(C)CC(=O)NCc1ccccc1COc1ccccc1)C(=O)O. The van der Waals surface area contributed by atoms with Crippen molar-refractivity contribution in [1.82, 2.24) is 10.2 Å². The molecule has 0 aliphatic heterocycles. The Labute approximate surface area is 159 Å². The molecule has 2 N–H and O–H groups in total. The zero-order valence-electron chi connectivity index (χ0n) is 15.7. The van der Waals surface area contributed by atoms with Crippen molar-refractivity contribution in [3.8, 4) is 5.75 Å². The number of amides is 1. The maximum absolute atomic E-state index is 12.1. The molecule has 1 atom stereocenters.